The molecule has 1 aliphatic heterocycles. The van der Waals surface area contributed by atoms with E-state index in [0.717, 1.165) is 0 Å². The predicted octanol–water partition coefficient (Wildman–Crippen LogP) is 0.984. The lowest BCUT2D eigenvalue weighted by atomic mass is 10.0. The molecule has 1 aromatic carbocycles. The number of fused-ring (bicyclic) bond motifs is 1. The van der Waals surface area contributed by atoms with Crippen molar-refractivity contribution in [1.29, 1.82) is 0 Å². The van der Waals surface area contributed by atoms with Gasteiger partial charge in [-0.3, -0.25) is 4.79 Å². The maximum Gasteiger partial charge on any atom is 0.325 e. The second-order valence-corrected chi connectivity index (χ2v) is 3.48. The highest BCUT2D eigenvalue weighted by molar-refractivity contribution is 5.77. The third-order valence-corrected chi connectivity index (χ3v) is 2.49. The summed E-state index contributed by atoms with van der Waals surface area (Å²) in [5.41, 5.74) is 5.22. The molecule has 0 aromatic heterocycles. The first-order valence-electron chi connectivity index (χ1n) is 4.64. The number of benzene rings is 1. The zero-order valence-electron chi connectivity index (χ0n) is 8.17. The molecule has 2 rings (SSSR count). The second-order valence-electron chi connectivity index (χ2n) is 3.48. The molecule has 1 heterocycles. The Morgan fingerprint density at radius 1 is 1.50 bits per heavy atom. The number of hydrogen-bond donors (Lipinski definition) is 2. The van der Waals surface area contributed by atoms with Gasteiger partial charge in [0.05, 0.1) is 12.2 Å². The topological polar surface area (TPSA) is 72.6 Å². The molecule has 86 valence electrons. The van der Waals surface area contributed by atoms with Gasteiger partial charge in [0.25, 0.3) is 0 Å². The minimum absolute atomic E-state index is 0.0626. The molecule has 0 amide bonds. The molecule has 1 unspecified atom stereocenters. The van der Waals surface area contributed by atoms with E-state index in [-0.39, 0.29) is 23.5 Å². The zero-order chi connectivity index (χ0) is 11.9. The number of ether oxygens (including phenoxy) is 1. The Kier molecular flexibility index (Phi) is 2.51. The van der Waals surface area contributed by atoms with Gasteiger partial charge in [-0.15, -0.1) is 0 Å². The Balaban J connectivity index is 2.61. The molecule has 3 N–H and O–H groups in total. The first-order chi connectivity index (χ1) is 7.52. The van der Waals surface area contributed by atoms with Crippen LogP contribution >= 0.6 is 0 Å². The van der Waals surface area contributed by atoms with E-state index in [2.05, 4.69) is 0 Å². The molecule has 1 atom stereocenters. The third-order valence-electron chi connectivity index (χ3n) is 2.49. The molecule has 0 spiro atoms. The van der Waals surface area contributed by atoms with Crippen molar-refractivity contribution in [1.82, 2.24) is 0 Å². The fourth-order valence-electron chi connectivity index (χ4n) is 1.72. The molecule has 0 fully saturated rings. The highest BCUT2D eigenvalue weighted by atomic mass is 19.1. The summed E-state index contributed by atoms with van der Waals surface area (Å²) >= 11 is 0. The van der Waals surface area contributed by atoms with E-state index in [1.807, 2.05) is 0 Å². The minimum Gasteiger partial charge on any atom is -0.492 e. The SMILES string of the molecule is NC(C(=O)O)c1c(F)cc(F)c2c1OCC2. The van der Waals surface area contributed by atoms with Gasteiger partial charge < -0.3 is 15.6 Å². The van der Waals surface area contributed by atoms with Crippen molar-refractivity contribution in [3.63, 3.8) is 0 Å². The van der Waals surface area contributed by atoms with Crippen LogP contribution < -0.4 is 10.5 Å². The fraction of sp³-hybridized carbons (Fsp3) is 0.300. The molecule has 4 nitrogen and oxygen atoms in total. The highest BCUT2D eigenvalue weighted by Gasteiger charge is 2.30. The van der Waals surface area contributed by atoms with Crippen LogP contribution in [-0.2, 0) is 11.2 Å². The summed E-state index contributed by atoms with van der Waals surface area (Å²) in [5.74, 6) is -3.17. The normalized spacial score (nSPS) is 15.4. The van der Waals surface area contributed by atoms with E-state index in [0.29, 0.717) is 12.5 Å². The first-order valence-corrected chi connectivity index (χ1v) is 4.64. The molecule has 16 heavy (non-hydrogen) atoms. The van der Waals surface area contributed by atoms with Gasteiger partial charge in [-0.05, 0) is 0 Å². The van der Waals surface area contributed by atoms with Gasteiger partial charge in [0.2, 0.25) is 0 Å². The number of nitrogens with two attached hydrogens (primary N) is 1. The molecular formula is C10H9F2NO3. The number of carbonyl (C=O) groups is 1. The van der Waals surface area contributed by atoms with Gasteiger partial charge in [0, 0.05) is 18.1 Å². The van der Waals surface area contributed by atoms with Crippen LogP contribution in [0.25, 0.3) is 0 Å². The Morgan fingerprint density at radius 2 is 2.19 bits per heavy atom. The smallest absolute Gasteiger partial charge is 0.325 e. The average molecular weight is 229 g/mol. The Labute approximate surface area is 89.6 Å². The number of aliphatic carboxylic acids is 1. The van der Waals surface area contributed by atoms with E-state index < -0.39 is 23.6 Å². The molecule has 6 heteroatoms. The van der Waals surface area contributed by atoms with Crippen molar-refractivity contribution in [3.05, 3.63) is 28.8 Å². The van der Waals surface area contributed by atoms with Gasteiger partial charge >= 0.3 is 5.97 Å². The van der Waals surface area contributed by atoms with Crippen LogP contribution in [0.15, 0.2) is 6.07 Å². The maximum absolute atomic E-state index is 13.5. The predicted molar refractivity (Wildman–Crippen MR) is 50.1 cm³/mol. The number of carboxylic acid groups (broad SMARTS) is 1. The van der Waals surface area contributed by atoms with Crippen molar-refractivity contribution >= 4 is 5.97 Å². The van der Waals surface area contributed by atoms with E-state index in [9.17, 15) is 13.6 Å². The van der Waals surface area contributed by atoms with Gasteiger partial charge in [0.1, 0.15) is 23.4 Å². The standard InChI is InChI=1S/C10H9F2NO3/c11-5-3-6(12)7(8(13)10(14)15)9-4(5)1-2-16-9/h3,8H,1-2,13H2,(H,14,15). The van der Waals surface area contributed by atoms with Crippen molar-refractivity contribution in [2.75, 3.05) is 6.61 Å². The summed E-state index contributed by atoms with van der Waals surface area (Å²) in [7, 11) is 0. The molecule has 0 saturated carbocycles. The first kappa shape index (κ1) is 10.8. The van der Waals surface area contributed by atoms with Crippen LogP contribution in [-0.4, -0.2) is 17.7 Å². The zero-order valence-corrected chi connectivity index (χ0v) is 8.17. The summed E-state index contributed by atoms with van der Waals surface area (Å²) in [6.07, 6.45) is 0.292. The largest absolute Gasteiger partial charge is 0.492 e. The summed E-state index contributed by atoms with van der Waals surface area (Å²) in [5, 5.41) is 8.72. The molecular weight excluding hydrogens is 220 g/mol. The minimum atomic E-state index is -1.55. The van der Waals surface area contributed by atoms with E-state index in [4.69, 9.17) is 15.6 Å². The monoisotopic (exact) mass is 229 g/mol. The van der Waals surface area contributed by atoms with Crippen molar-refractivity contribution < 1.29 is 23.4 Å². The van der Waals surface area contributed by atoms with Crippen LogP contribution in [0.2, 0.25) is 0 Å². The van der Waals surface area contributed by atoms with Crippen LogP contribution in [0.3, 0.4) is 0 Å². The summed E-state index contributed by atoms with van der Waals surface area (Å²) in [6.45, 7) is 0.203. The average Bonchev–Trinajstić information content (AvgIpc) is 2.66. The second kappa shape index (κ2) is 3.71. The lowest BCUT2D eigenvalue weighted by Gasteiger charge is -2.13. The van der Waals surface area contributed by atoms with Gasteiger partial charge in [-0.25, -0.2) is 8.78 Å². The molecule has 1 aliphatic rings. The van der Waals surface area contributed by atoms with Gasteiger partial charge in [0.15, 0.2) is 0 Å². The summed E-state index contributed by atoms with van der Waals surface area (Å²) in [4.78, 5) is 10.7. The Hall–Kier alpha value is -1.69. The quantitative estimate of drug-likeness (QED) is 0.793. The Bertz CT molecular complexity index is 462. The maximum atomic E-state index is 13.5. The van der Waals surface area contributed by atoms with Crippen molar-refractivity contribution in [2.24, 2.45) is 5.73 Å². The molecule has 1 aromatic rings. The third kappa shape index (κ3) is 1.51. The van der Waals surface area contributed by atoms with Crippen molar-refractivity contribution in [3.8, 4) is 5.75 Å². The van der Waals surface area contributed by atoms with Crippen molar-refractivity contribution in [2.45, 2.75) is 12.5 Å². The molecule has 0 aliphatic carbocycles. The van der Waals surface area contributed by atoms with E-state index in [1.165, 1.54) is 0 Å². The van der Waals surface area contributed by atoms with E-state index in [1.54, 1.807) is 0 Å². The highest BCUT2D eigenvalue weighted by Crippen LogP contribution is 2.36. The number of hydrogen-bond acceptors (Lipinski definition) is 3. The fourth-order valence-corrected chi connectivity index (χ4v) is 1.72. The van der Waals surface area contributed by atoms with Crippen LogP contribution in [0.5, 0.6) is 5.75 Å². The van der Waals surface area contributed by atoms with Gasteiger partial charge in [-0.1, -0.05) is 0 Å². The molecule has 0 saturated heterocycles. The van der Waals surface area contributed by atoms with E-state index >= 15 is 0 Å². The van der Waals surface area contributed by atoms with Crippen LogP contribution in [0, 0.1) is 11.6 Å². The molecule has 0 bridgehead atoms. The number of carboxylic acids is 1. The van der Waals surface area contributed by atoms with Gasteiger partial charge in [-0.2, -0.15) is 0 Å². The number of halogens is 2. The molecule has 0 radical (unpaired) electrons. The lowest BCUT2D eigenvalue weighted by Crippen LogP contribution is -2.22. The number of rotatable bonds is 2. The summed E-state index contributed by atoms with van der Waals surface area (Å²) < 4.78 is 31.8. The van der Waals surface area contributed by atoms with Crippen LogP contribution in [0.4, 0.5) is 8.78 Å². The Morgan fingerprint density at radius 3 is 2.81 bits per heavy atom. The summed E-state index contributed by atoms with van der Waals surface area (Å²) in [6, 6.07) is -0.904. The lowest BCUT2D eigenvalue weighted by molar-refractivity contribution is -0.138. The van der Waals surface area contributed by atoms with Crippen LogP contribution in [0.1, 0.15) is 17.2 Å².